The fourth-order valence-electron chi connectivity index (χ4n) is 1.22. The molecule has 1 heterocycles. The highest BCUT2D eigenvalue weighted by Crippen LogP contribution is 2.07. The van der Waals surface area contributed by atoms with Crippen molar-refractivity contribution >= 4 is 22.7 Å². The maximum absolute atomic E-state index is 11.6. The van der Waals surface area contributed by atoms with Gasteiger partial charge in [-0.25, -0.2) is 4.79 Å². The van der Waals surface area contributed by atoms with Crippen LogP contribution < -0.4 is 5.32 Å². The number of carboxylic acids is 1. The zero-order chi connectivity index (χ0) is 13.7. The lowest BCUT2D eigenvalue weighted by Crippen LogP contribution is -2.27. The number of carbonyl (C=O) groups is 2. The van der Waals surface area contributed by atoms with E-state index in [1.165, 1.54) is 12.1 Å². The molecule has 2 unspecified atom stereocenters. The topological polar surface area (TPSA) is 96.6 Å². The summed E-state index contributed by atoms with van der Waals surface area (Å²) in [6.07, 6.45) is 2.19. The van der Waals surface area contributed by atoms with Crippen LogP contribution in [0.2, 0.25) is 0 Å². The molecule has 2 atom stereocenters. The summed E-state index contributed by atoms with van der Waals surface area (Å²) in [5, 5.41) is 11.2. The molecular formula is C11H15NO5S. The number of carbonyl (C=O) groups excluding carboxylic acids is 1. The summed E-state index contributed by atoms with van der Waals surface area (Å²) < 4.78 is 15.9. The van der Waals surface area contributed by atoms with Gasteiger partial charge in [-0.05, 0) is 18.6 Å². The van der Waals surface area contributed by atoms with Gasteiger partial charge in [0.2, 0.25) is 5.76 Å². The molecule has 0 saturated carbocycles. The lowest BCUT2D eigenvalue weighted by atomic mass is 10.3. The molecule has 0 bridgehead atoms. The third kappa shape index (κ3) is 3.99. The SMILES string of the molecule is CC(CCNC(=O)c1ccc(C(=O)O)o1)S(C)=O. The molecule has 0 spiro atoms. The first kappa shape index (κ1) is 14.4. The number of hydrogen-bond donors (Lipinski definition) is 2. The van der Waals surface area contributed by atoms with Gasteiger partial charge in [-0.3, -0.25) is 9.00 Å². The Hall–Kier alpha value is -1.63. The summed E-state index contributed by atoms with van der Waals surface area (Å²) in [7, 11) is -0.924. The van der Waals surface area contributed by atoms with Crippen molar-refractivity contribution in [3.8, 4) is 0 Å². The number of nitrogens with one attached hydrogen (secondary N) is 1. The molecule has 0 aliphatic carbocycles. The van der Waals surface area contributed by atoms with Gasteiger partial charge in [0, 0.05) is 28.9 Å². The van der Waals surface area contributed by atoms with Crippen LogP contribution in [0.25, 0.3) is 0 Å². The average molecular weight is 273 g/mol. The minimum Gasteiger partial charge on any atom is -0.475 e. The monoisotopic (exact) mass is 273 g/mol. The molecule has 0 aliphatic heterocycles. The summed E-state index contributed by atoms with van der Waals surface area (Å²) in [5.41, 5.74) is 0. The highest BCUT2D eigenvalue weighted by Gasteiger charge is 2.15. The van der Waals surface area contributed by atoms with E-state index in [0.717, 1.165) is 0 Å². The smallest absolute Gasteiger partial charge is 0.371 e. The Morgan fingerprint density at radius 1 is 1.44 bits per heavy atom. The number of amides is 1. The van der Waals surface area contributed by atoms with Crippen LogP contribution in [0, 0.1) is 0 Å². The lowest BCUT2D eigenvalue weighted by Gasteiger charge is -2.08. The molecule has 18 heavy (non-hydrogen) atoms. The highest BCUT2D eigenvalue weighted by molar-refractivity contribution is 7.84. The first-order valence-corrected chi connectivity index (χ1v) is 6.97. The lowest BCUT2D eigenvalue weighted by molar-refractivity contribution is 0.0659. The second-order valence-electron chi connectivity index (χ2n) is 3.82. The normalized spacial score (nSPS) is 13.9. The van der Waals surface area contributed by atoms with Crippen molar-refractivity contribution in [3.05, 3.63) is 23.7 Å². The number of carboxylic acid groups (broad SMARTS) is 1. The average Bonchev–Trinajstić information content (AvgIpc) is 2.77. The Kier molecular flexibility index (Phi) is 5.08. The van der Waals surface area contributed by atoms with E-state index in [-0.39, 0.29) is 16.8 Å². The van der Waals surface area contributed by atoms with E-state index in [1.54, 1.807) is 6.26 Å². The van der Waals surface area contributed by atoms with Crippen LogP contribution in [-0.2, 0) is 10.8 Å². The van der Waals surface area contributed by atoms with Crippen molar-refractivity contribution in [2.24, 2.45) is 0 Å². The third-order valence-corrected chi connectivity index (χ3v) is 3.81. The molecule has 7 heteroatoms. The van der Waals surface area contributed by atoms with E-state index in [0.29, 0.717) is 13.0 Å². The largest absolute Gasteiger partial charge is 0.475 e. The minimum atomic E-state index is -1.22. The second kappa shape index (κ2) is 6.34. The molecule has 6 nitrogen and oxygen atoms in total. The molecule has 2 N–H and O–H groups in total. The van der Waals surface area contributed by atoms with Crippen LogP contribution in [0.1, 0.15) is 34.5 Å². The Morgan fingerprint density at radius 2 is 2.06 bits per heavy atom. The van der Waals surface area contributed by atoms with Crippen molar-refractivity contribution in [1.82, 2.24) is 5.32 Å². The van der Waals surface area contributed by atoms with Crippen molar-refractivity contribution in [2.45, 2.75) is 18.6 Å². The minimum absolute atomic E-state index is 0.00326. The molecule has 0 radical (unpaired) electrons. The molecule has 1 aromatic heterocycles. The van der Waals surface area contributed by atoms with E-state index in [2.05, 4.69) is 5.32 Å². The van der Waals surface area contributed by atoms with Gasteiger partial charge in [0.1, 0.15) is 0 Å². The first-order chi connectivity index (χ1) is 8.41. The van der Waals surface area contributed by atoms with Gasteiger partial charge >= 0.3 is 5.97 Å². The summed E-state index contributed by atoms with van der Waals surface area (Å²) in [5.74, 6) is -2.01. The quantitative estimate of drug-likeness (QED) is 0.801. The van der Waals surface area contributed by atoms with Gasteiger partial charge in [0.15, 0.2) is 5.76 Å². The Morgan fingerprint density at radius 3 is 2.56 bits per heavy atom. The summed E-state index contributed by atoms with van der Waals surface area (Å²) >= 11 is 0. The first-order valence-electron chi connectivity index (χ1n) is 5.35. The molecule has 1 amide bonds. The number of furan rings is 1. The summed E-state index contributed by atoms with van der Waals surface area (Å²) in [6.45, 7) is 2.19. The van der Waals surface area contributed by atoms with Crippen molar-refractivity contribution in [1.29, 1.82) is 0 Å². The van der Waals surface area contributed by atoms with Gasteiger partial charge in [0.05, 0.1) is 0 Å². The van der Waals surface area contributed by atoms with Crippen LogP contribution in [-0.4, -0.2) is 39.2 Å². The van der Waals surface area contributed by atoms with Gasteiger partial charge in [-0.1, -0.05) is 6.92 Å². The third-order valence-electron chi connectivity index (χ3n) is 2.44. The molecule has 0 aliphatic rings. The van der Waals surface area contributed by atoms with E-state index >= 15 is 0 Å². The van der Waals surface area contributed by atoms with Gasteiger partial charge in [-0.2, -0.15) is 0 Å². The predicted octanol–water partition coefficient (Wildman–Crippen LogP) is 0.865. The number of aromatic carboxylic acids is 1. The van der Waals surface area contributed by atoms with E-state index < -0.39 is 22.7 Å². The summed E-state index contributed by atoms with van der Waals surface area (Å²) in [6, 6.07) is 2.53. The van der Waals surface area contributed by atoms with Crippen LogP contribution in [0.4, 0.5) is 0 Å². The standard InChI is InChI=1S/C11H15NO5S/c1-7(18(2)16)5-6-12-10(13)8-3-4-9(17-8)11(14)15/h3-4,7H,5-6H2,1-2H3,(H,12,13)(H,14,15). The van der Waals surface area contributed by atoms with E-state index in [9.17, 15) is 13.8 Å². The summed E-state index contributed by atoms with van der Waals surface area (Å²) in [4.78, 5) is 22.1. The van der Waals surface area contributed by atoms with Crippen molar-refractivity contribution in [3.63, 3.8) is 0 Å². The predicted molar refractivity (Wildman–Crippen MR) is 66.1 cm³/mol. The fraction of sp³-hybridized carbons (Fsp3) is 0.455. The fourth-order valence-corrected chi connectivity index (χ4v) is 1.67. The van der Waals surface area contributed by atoms with Gasteiger partial charge in [-0.15, -0.1) is 0 Å². The molecule has 0 aromatic carbocycles. The Labute approximate surface area is 107 Å². The van der Waals surface area contributed by atoms with Crippen LogP contribution >= 0.6 is 0 Å². The van der Waals surface area contributed by atoms with E-state index in [4.69, 9.17) is 9.52 Å². The van der Waals surface area contributed by atoms with Gasteiger partial charge in [0.25, 0.3) is 5.91 Å². The zero-order valence-electron chi connectivity index (χ0n) is 10.1. The van der Waals surface area contributed by atoms with Crippen molar-refractivity contribution in [2.75, 3.05) is 12.8 Å². The molecular weight excluding hydrogens is 258 g/mol. The molecule has 100 valence electrons. The molecule has 1 rings (SSSR count). The van der Waals surface area contributed by atoms with Crippen LogP contribution in [0.3, 0.4) is 0 Å². The molecule has 0 saturated heterocycles. The Balaban J connectivity index is 2.45. The second-order valence-corrected chi connectivity index (χ2v) is 5.62. The number of hydrogen-bond acceptors (Lipinski definition) is 4. The van der Waals surface area contributed by atoms with Gasteiger partial charge < -0.3 is 14.8 Å². The Bertz CT molecular complexity index is 468. The van der Waals surface area contributed by atoms with Crippen molar-refractivity contribution < 1.29 is 23.3 Å². The van der Waals surface area contributed by atoms with Crippen LogP contribution in [0.15, 0.2) is 16.5 Å². The van der Waals surface area contributed by atoms with Crippen LogP contribution in [0.5, 0.6) is 0 Å². The number of rotatable bonds is 6. The van der Waals surface area contributed by atoms with E-state index in [1.807, 2.05) is 6.92 Å². The molecule has 0 fully saturated rings. The maximum Gasteiger partial charge on any atom is 0.371 e. The zero-order valence-corrected chi connectivity index (χ0v) is 11.0. The molecule has 1 aromatic rings. The highest BCUT2D eigenvalue weighted by atomic mass is 32.2. The maximum atomic E-state index is 11.6.